The van der Waals surface area contributed by atoms with Gasteiger partial charge in [-0.15, -0.1) is 0 Å². The number of rotatable bonds is 10. The van der Waals surface area contributed by atoms with E-state index in [4.69, 9.17) is 9.47 Å². The van der Waals surface area contributed by atoms with Gasteiger partial charge in [-0.1, -0.05) is 26.0 Å². The fourth-order valence-electron chi connectivity index (χ4n) is 2.79. The van der Waals surface area contributed by atoms with Crippen molar-refractivity contribution >= 4 is 11.8 Å². The van der Waals surface area contributed by atoms with E-state index in [1.165, 1.54) is 0 Å². The number of nitrogens with one attached hydrogen (secondary N) is 2. The Morgan fingerprint density at radius 2 is 1.76 bits per heavy atom. The van der Waals surface area contributed by atoms with E-state index in [2.05, 4.69) is 10.6 Å². The minimum atomic E-state index is -0.609. The fraction of sp³-hybridized carbons (Fsp3) is 0.391. The molecule has 6 nitrogen and oxygen atoms in total. The van der Waals surface area contributed by atoms with Crippen molar-refractivity contribution in [2.45, 2.75) is 33.2 Å². The first-order chi connectivity index (χ1) is 13.9. The lowest BCUT2D eigenvalue weighted by atomic mass is 10.0. The average Bonchev–Trinajstić information content (AvgIpc) is 2.71. The lowest BCUT2D eigenvalue weighted by Crippen LogP contribution is -2.50. The third-order valence-corrected chi connectivity index (χ3v) is 4.47. The molecular formula is C23H30N2O4. The fourth-order valence-corrected chi connectivity index (χ4v) is 2.79. The Labute approximate surface area is 172 Å². The van der Waals surface area contributed by atoms with E-state index in [1.54, 1.807) is 31.4 Å². The maximum absolute atomic E-state index is 12.5. The molecule has 0 aliphatic heterocycles. The second kappa shape index (κ2) is 11.1. The maximum atomic E-state index is 12.5. The Bertz CT molecular complexity index is 803. The molecule has 0 spiro atoms. The minimum absolute atomic E-state index is 0.0410. The zero-order valence-corrected chi connectivity index (χ0v) is 17.5. The van der Waals surface area contributed by atoms with E-state index in [1.807, 2.05) is 45.0 Å². The van der Waals surface area contributed by atoms with Gasteiger partial charge in [0.1, 0.15) is 17.5 Å². The standard InChI is InChI=1S/C23H30N2O4/c1-16(2)21(25-22(26)18-9-11-19(28-4)12-10-18)23(27)24-13-6-14-29-20-8-5-7-17(3)15-20/h5,7-12,15-16,21H,6,13-14H2,1-4H3,(H,24,27)(H,25,26)/t21-/m1/s1. The molecule has 0 aliphatic rings. The first-order valence-electron chi connectivity index (χ1n) is 9.83. The van der Waals surface area contributed by atoms with Crippen molar-refractivity contribution in [3.8, 4) is 11.5 Å². The van der Waals surface area contributed by atoms with Crippen LogP contribution in [0.3, 0.4) is 0 Å². The number of hydrogen-bond acceptors (Lipinski definition) is 4. The number of ether oxygens (including phenoxy) is 2. The van der Waals surface area contributed by atoms with Crippen LogP contribution in [0.5, 0.6) is 11.5 Å². The lowest BCUT2D eigenvalue weighted by Gasteiger charge is -2.22. The van der Waals surface area contributed by atoms with Gasteiger partial charge in [-0.25, -0.2) is 0 Å². The topological polar surface area (TPSA) is 76.7 Å². The monoisotopic (exact) mass is 398 g/mol. The molecule has 0 saturated heterocycles. The van der Waals surface area contributed by atoms with Gasteiger partial charge >= 0.3 is 0 Å². The quantitative estimate of drug-likeness (QED) is 0.602. The van der Waals surface area contributed by atoms with Crippen LogP contribution in [-0.2, 0) is 4.79 Å². The SMILES string of the molecule is COc1ccc(C(=O)N[C@@H](C(=O)NCCCOc2cccc(C)c2)C(C)C)cc1. The van der Waals surface area contributed by atoms with Gasteiger partial charge in [-0.2, -0.15) is 0 Å². The van der Waals surface area contributed by atoms with E-state index in [-0.39, 0.29) is 17.7 Å². The van der Waals surface area contributed by atoms with Gasteiger partial charge < -0.3 is 20.1 Å². The zero-order chi connectivity index (χ0) is 21.2. The molecule has 2 aromatic carbocycles. The van der Waals surface area contributed by atoms with Crippen LogP contribution in [0.25, 0.3) is 0 Å². The highest BCUT2D eigenvalue weighted by atomic mass is 16.5. The van der Waals surface area contributed by atoms with E-state index in [9.17, 15) is 9.59 Å². The molecule has 0 fully saturated rings. The second-order valence-electron chi connectivity index (χ2n) is 7.23. The van der Waals surface area contributed by atoms with Gasteiger partial charge in [0.2, 0.25) is 5.91 Å². The van der Waals surface area contributed by atoms with Crippen molar-refractivity contribution in [3.63, 3.8) is 0 Å². The van der Waals surface area contributed by atoms with Crippen LogP contribution in [0.15, 0.2) is 48.5 Å². The molecule has 2 aromatic rings. The van der Waals surface area contributed by atoms with Crippen LogP contribution >= 0.6 is 0 Å². The Kier molecular flexibility index (Phi) is 8.52. The highest BCUT2D eigenvalue weighted by Crippen LogP contribution is 2.13. The average molecular weight is 399 g/mol. The molecule has 2 N–H and O–H groups in total. The van der Waals surface area contributed by atoms with Gasteiger partial charge in [0, 0.05) is 12.1 Å². The molecule has 0 aliphatic carbocycles. The summed E-state index contributed by atoms with van der Waals surface area (Å²) in [5.74, 6) is 0.971. The lowest BCUT2D eigenvalue weighted by molar-refractivity contribution is -0.123. The number of benzene rings is 2. The predicted molar refractivity (Wildman–Crippen MR) is 113 cm³/mol. The van der Waals surface area contributed by atoms with Crippen molar-refractivity contribution in [2.24, 2.45) is 5.92 Å². The first kappa shape index (κ1) is 22.3. The number of aryl methyl sites for hydroxylation is 1. The van der Waals surface area contributed by atoms with Crippen LogP contribution in [0.4, 0.5) is 0 Å². The summed E-state index contributed by atoms with van der Waals surface area (Å²) in [5, 5.41) is 5.70. The molecule has 0 saturated carbocycles. The number of methoxy groups -OCH3 is 1. The molecule has 6 heteroatoms. The molecule has 0 aromatic heterocycles. The van der Waals surface area contributed by atoms with Crippen LogP contribution in [0.2, 0.25) is 0 Å². The highest BCUT2D eigenvalue weighted by molar-refractivity contribution is 5.97. The maximum Gasteiger partial charge on any atom is 0.251 e. The van der Waals surface area contributed by atoms with Gasteiger partial charge in [-0.3, -0.25) is 9.59 Å². The summed E-state index contributed by atoms with van der Waals surface area (Å²) in [4.78, 5) is 25.0. The number of hydrogen-bond donors (Lipinski definition) is 2. The number of carbonyl (C=O) groups is 2. The second-order valence-corrected chi connectivity index (χ2v) is 7.23. The van der Waals surface area contributed by atoms with Crippen molar-refractivity contribution in [1.82, 2.24) is 10.6 Å². The van der Waals surface area contributed by atoms with Crippen LogP contribution < -0.4 is 20.1 Å². The summed E-state index contributed by atoms with van der Waals surface area (Å²) in [6, 6.07) is 14.0. The van der Waals surface area contributed by atoms with Gasteiger partial charge in [0.05, 0.1) is 13.7 Å². The summed E-state index contributed by atoms with van der Waals surface area (Å²) in [6.07, 6.45) is 0.678. The Hall–Kier alpha value is -3.02. The Balaban J connectivity index is 1.79. The van der Waals surface area contributed by atoms with Crippen molar-refractivity contribution in [1.29, 1.82) is 0 Å². The molecule has 29 heavy (non-hydrogen) atoms. The summed E-state index contributed by atoms with van der Waals surface area (Å²) in [5.41, 5.74) is 1.62. The minimum Gasteiger partial charge on any atom is -0.497 e. The highest BCUT2D eigenvalue weighted by Gasteiger charge is 2.24. The molecule has 2 amide bonds. The predicted octanol–water partition coefficient (Wildman–Crippen LogP) is 3.34. The van der Waals surface area contributed by atoms with Gasteiger partial charge in [-0.05, 0) is 61.2 Å². The van der Waals surface area contributed by atoms with E-state index in [0.29, 0.717) is 30.9 Å². The third kappa shape index (κ3) is 7.14. The Morgan fingerprint density at radius 1 is 1.03 bits per heavy atom. The Morgan fingerprint density at radius 3 is 2.38 bits per heavy atom. The smallest absolute Gasteiger partial charge is 0.251 e. The zero-order valence-electron chi connectivity index (χ0n) is 17.5. The summed E-state index contributed by atoms with van der Waals surface area (Å²) in [7, 11) is 1.57. The van der Waals surface area contributed by atoms with Crippen molar-refractivity contribution in [3.05, 3.63) is 59.7 Å². The molecule has 2 rings (SSSR count). The molecular weight excluding hydrogens is 368 g/mol. The largest absolute Gasteiger partial charge is 0.497 e. The van der Waals surface area contributed by atoms with Crippen molar-refractivity contribution < 1.29 is 19.1 Å². The molecule has 0 unspecified atom stereocenters. The van der Waals surface area contributed by atoms with Crippen LogP contribution in [-0.4, -0.2) is 38.1 Å². The van der Waals surface area contributed by atoms with E-state index < -0.39 is 6.04 Å². The molecule has 0 heterocycles. The molecule has 1 atom stereocenters. The molecule has 0 bridgehead atoms. The first-order valence-corrected chi connectivity index (χ1v) is 9.83. The summed E-state index contributed by atoms with van der Waals surface area (Å²) < 4.78 is 10.8. The van der Waals surface area contributed by atoms with Crippen molar-refractivity contribution in [2.75, 3.05) is 20.3 Å². The number of amides is 2. The van der Waals surface area contributed by atoms with E-state index >= 15 is 0 Å². The molecule has 0 radical (unpaired) electrons. The normalized spacial score (nSPS) is 11.6. The van der Waals surface area contributed by atoms with Crippen LogP contribution in [0.1, 0.15) is 36.2 Å². The van der Waals surface area contributed by atoms with E-state index in [0.717, 1.165) is 11.3 Å². The van der Waals surface area contributed by atoms with Gasteiger partial charge in [0.15, 0.2) is 0 Å². The third-order valence-electron chi connectivity index (χ3n) is 4.47. The molecule has 156 valence electrons. The number of carbonyl (C=O) groups excluding carboxylic acids is 2. The van der Waals surface area contributed by atoms with Gasteiger partial charge in [0.25, 0.3) is 5.91 Å². The summed E-state index contributed by atoms with van der Waals surface area (Å²) in [6.45, 7) is 6.80. The van der Waals surface area contributed by atoms with Crippen LogP contribution in [0, 0.1) is 12.8 Å². The summed E-state index contributed by atoms with van der Waals surface area (Å²) >= 11 is 0.